The summed E-state index contributed by atoms with van der Waals surface area (Å²) >= 11 is 0. The van der Waals surface area contributed by atoms with Gasteiger partial charge in [0.2, 0.25) is 0 Å². The number of carbonyl (C=O) groups excluding carboxylic acids is 1. The largest absolute Gasteiger partial charge is 0.300 e. The van der Waals surface area contributed by atoms with Gasteiger partial charge in [0.25, 0.3) is 0 Å². The van der Waals surface area contributed by atoms with Gasteiger partial charge in [-0.3, -0.25) is 0 Å². The molecule has 0 aliphatic carbocycles. The van der Waals surface area contributed by atoms with Crippen molar-refractivity contribution in [2.75, 3.05) is 0 Å². The normalized spacial score (nSPS) is 14.1. The van der Waals surface area contributed by atoms with Gasteiger partial charge in [0, 0.05) is 6.42 Å². The molecule has 0 spiro atoms. The SMILES string of the molecule is CCCCCCC(C)C(C)CCCCCCCCC(C)=O. The summed E-state index contributed by atoms with van der Waals surface area (Å²) in [6, 6.07) is 0. The lowest BCUT2D eigenvalue weighted by Crippen LogP contribution is -2.08. The van der Waals surface area contributed by atoms with Crippen molar-refractivity contribution in [3.63, 3.8) is 0 Å². The molecule has 0 aromatic rings. The van der Waals surface area contributed by atoms with E-state index >= 15 is 0 Å². The van der Waals surface area contributed by atoms with Crippen LogP contribution in [0.4, 0.5) is 0 Å². The third-order valence-electron chi connectivity index (χ3n) is 4.92. The fourth-order valence-electron chi connectivity index (χ4n) is 3.01. The van der Waals surface area contributed by atoms with Crippen LogP contribution in [0.25, 0.3) is 0 Å². The first-order chi connectivity index (χ1) is 10.1. The predicted molar refractivity (Wildman–Crippen MR) is 94.7 cm³/mol. The molecule has 0 saturated heterocycles. The Bertz CT molecular complexity index is 234. The van der Waals surface area contributed by atoms with E-state index in [9.17, 15) is 4.79 Å². The van der Waals surface area contributed by atoms with E-state index in [0.29, 0.717) is 5.78 Å². The van der Waals surface area contributed by atoms with E-state index in [4.69, 9.17) is 0 Å². The maximum absolute atomic E-state index is 10.8. The lowest BCUT2D eigenvalue weighted by molar-refractivity contribution is -0.117. The molecule has 0 rings (SSSR count). The Kier molecular flexibility index (Phi) is 14.4. The molecule has 0 aliphatic heterocycles. The van der Waals surface area contributed by atoms with Crippen LogP contribution in [0.1, 0.15) is 111 Å². The number of hydrogen-bond donors (Lipinski definition) is 0. The van der Waals surface area contributed by atoms with Gasteiger partial charge in [0.1, 0.15) is 5.78 Å². The maximum atomic E-state index is 10.8. The molecular weight excluding hydrogens is 256 g/mol. The van der Waals surface area contributed by atoms with Crippen LogP contribution >= 0.6 is 0 Å². The summed E-state index contributed by atoms with van der Waals surface area (Å²) in [6.07, 6.45) is 17.0. The van der Waals surface area contributed by atoms with Crippen LogP contribution in [0.15, 0.2) is 0 Å². The average molecular weight is 297 g/mol. The lowest BCUT2D eigenvalue weighted by atomic mass is 9.87. The number of hydrogen-bond acceptors (Lipinski definition) is 1. The third kappa shape index (κ3) is 14.4. The van der Waals surface area contributed by atoms with Crippen molar-refractivity contribution in [3.8, 4) is 0 Å². The van der Waals surface area contributed by atoms with Crippen LogP contribution in [-0.4, -0.2) is 5.78 Å². The lowest BCUT2D eigenvalue weighted by Gasteiger charge is -2.19. The molecule has 0 radical (unpaired) electrons. The molecule has 0 amide bonds. The highest BCUT2D eigenvalue weighted by atomic mass is 16.1. The first-order valence-corrected chi connectivity index (χ1v) is 9.57. The summed E-state index contributed by atoms with van der Waals surface area (Å²) in [6.45, 7) is 8.87. The van der Waals surface area contributed by atoms with Crippen molar-refractivity contribution in [1.82, 2.24) is 0 Å². The van der Waals surface area contributed by atoms with Crippen LogP contribution in [0, 0.1) is 11.8 Å². The van der Waals surface area contributed by atoms with Gasteiger partial charge in [-0.15, -0.1) is 0 Å². The van der Waals surface area contributed by atoms with Crippen molar-refractivity contribution in [3.05, 3.63) is 0 Å². The third-order valence-corrected chi connectivity index (χ3v) is 4.92. The molecule has 2 unspecified atom stereocenters. The summed E-state index contributed by atoms with van der Waals surface area (Å²) in [5.41, 5.74) is 0. The Morgan fingerprint density at radius 2 is 1.14 bits per heavy atom. The number of carbonyl (C=O) groups is 1. The molecular formula is C20H40O. The first kappa shape index (κ1) is 20.7. The highest BCUT2D eigenvalue weighted by molar-refractivity contribution is 5.75. The second-order valence-corrected chi connectivity index (χ2v) is 7.17. The van der Waals surface area contributed by atoms with E-state index in [1.54, 1.807) is 6.92 Å². The van der Waals surface area contributed by atoms with E-state index in [2.05, 4.69) is 20.8 Å². The molecule has 0 fully saturated rings. The van der Waals surface area contributed by atoms with Crippen LogP contribution in [-0.2, 0) is 4.79 Å². The zero-order valence-electron chi connectivity index (χ0n) is 15.3. The van der Waals surface area contributed by atoms with Crippen LogP contribution in [0.3, 0.4) is 0 Å². The number of unbranched alkanes of at least 4 members (excludes halogenated alkanes) is 8. The quantitative estimate of drug-likeness (QED) is 0.299. The van der Waals surface area contributed by atoms with Gasteiger partial charge in [0.15, 0.2) is 0 Å². The highest BCUT2D eigenvalue weighted by Gasteiger charge is 2.11. The standard InChI is InChI=1S/C20H40O/c1-5-6-7-12-15-18(2)19(3)16-13-10-8-9-11-14-17-20(4)21/h18-19H,5-17H2,1-4H3. The van der Waals surface area contributed by atoms with Crippen molar-refractivity contribution >= 4 is 5.78 Å². The molecule has 126 valence electrons. The smallest absolute Gasteiger partial charge is 0.129 e. The molecule has 0 saturated carbocycles. The summed E-state index contributed by atoms with van der Waals surface area (Å²) < 4.78 is 0. The van der Waals surface area contributed by atoms with E-state index in [1.807, 2.05) is 0 Å². The molecule has 0 aliphatic rings. The van der Waals surface area contributed by atoms with E-state index in [-0.39, 0.29) is 0 Å². The highest BCUT2D eigenvalue weighted by Crippen LogP contribution is 2.24. The van der Waals surface area contributed by atoms with Crippen molar-refractivity contribution in [2.24, 2.45) is 11.8 Å². The van der Waals surface area contributed by atoms with Gasteiger partial charge < -0.3 is 4.79 Å². The van der Waals surface area contributed by atoms with E-state index in [0.717, 1.165) is 24.7 Å². The molecule has 1 nitrogen and oxygen atoms in total. The zero-order chi connectivity index (χ0) is 15.9. The van der Waals surface area contributed by atoms with Crippen molar-refractivity contribution < 1.29 is 4.79 Å². The monoisotopic (exact) mass is 296 g/mol. The zero-order valence-corrected chi connectivity index (χ0v) is 15.3. The second kappa shape index (κ2) is 14.6. The molecule has 0 heterocycles. The van der Waals surface area contributed by atoms with Crippen LogP contribution in [0.5, 0.6) is 0 Å². The summed E-state index contributed by atoms with van der Waals surface area (Å²) in [5, 5.41) is 0. The van der Waals surface area contributed by atoms with Gasteiger partial charge in [-0.25, -0.2) is 0 Å². The van der Waals surface area contributed by atoms with Crippen LogP contribution < -0.4 is 0 Å². The number of rotatable bonds is 15. The number of Topliss-reactive ketones (excluding diaryl/α,β-unsaturated/α-hetero) is 1. The van der Waals surface area contributed by atoms with Gasteiger partial charge >= 0.3 is 0 Å². The second-order valence-electron chi connectivity index (χ2n) is 7.17. The molecule has 0 aromatic carbocycles. The Labute approximate surface area is 134 Å². The minimum absolute atomic E-state index is 0.344. The summed E-state index contributed by atoms with van der Waals surface area (Å²) in [5.74, 6) is 2.14. The fourth-order valence-corrected chi connectivity index (χ4v) is 3.01. The molecule has 1 heteroatoms. The molecule has 21 heavy (non-hydrogen) atoms. The maximum Gasteiger partial charge on any atom is 0.129 e. The van der Waals surface area contributed by atoms with Gasteiger partial charge in [-0.2, -0.15) is 0 Å². The van der Waals surface area contributed by atoms with E-state index < -0.39 is 0 Å². The molecule has 2 atom stereocenters. The first-order valence-electron chi connectivity index (χ1n) is 9.57. The van der Waals surface area contributed by atoms with Gasteiger partial charge in [0.05, 0.1) is 0 Å². The Morgan fingerprint density at radius 3 is 1.62 bits per heavy atom. The minimum atomic E-state index is 0.344. The van der Waals surface area contributed by atoms with Crippen molar-refractivity contribution in [2.45, 2.75) is 111 Å². The molecule has 0 aromatic heterocycles. The van der Waals surface area contributed by atoms with Crippen molar-refractivity contribution in [1.29, 1.82) is 0 Å². The topological polar surface area (TPSA) is 17.1 Å². The minimum Gasteiger partial charge on any atom is -0.300 e. The molecule has 0 N–H and O–H groups in total. The Balaban J connectivity index is 3.35. The summed E-state index contributed by atoms with van der Waals surface area (Å²) in [4.78, 5) is 10.8. The van der Waals surface area contributed by atoms with E-state index in [1.165, 1.54) is 70.6 Å². The number of ketones is 1. The van der Waals surface area contributed by atoms with Crippen LogP contribution in [0.2, 0.25) is 0 Å². The average Bonchev–Trinajstić information content (AvgIpc) is 2.45. The van der Waals surface area contributed by atoms with Gasteiger partial charge in [-0.05, 0) is 25.2 Å². The van der Waals surface area contributed by atoms with Gasteiger partial charge in [-0.1, -0.05) is 91.4 Å². The predicted octanol–water partition coefficient (Wildman–Crippen LogP) is 6.94. The Morgan fingerprint density at radius 1 is 0.714 bits per heavy atom. The Hall–Kier alpha value is -0.330. The fraction of sp³-hybridized carbons (Fsp3) is 0.950. The molecule has 0 bridgehead atoms. The summed E-state index contributed by atoms with van der Waals surface area (Å²) in [7, 11) is 0.